The lowest BCUT2D eigenvalue weighted by Crippen LogP contribution is -1.86. The molecule has 0 atom stereocenters. The van der Waals surface area contributed by atoms with Gasteiger partial charge in [-0.2, -0.15) is 0 Å². The van der Waals surface area contributed by atoms with Gasteiger partial charge in [0.1, 0.15) is 0 Å². The number of halogens is 1. The first-order chi connectivity index (χ1) is 5.15. The molecule has 0 aliphatic heterocycles. The van der Waals surface area contributed by atoms with E-state index < -0.39 is 0 Å². The normalized spacial score (nSPS) is 9.27. The Hall–Kier alpha value is -0.930. The minimum atomic E-state index is 0.749. The monoisotopic (exact) mass is 164 g/mol. The Balaban J connectivity index is 3.40. The highest BCUT2D eigenvalue weighted by atomic mass is 35.5. The van der Waals surface area contributed by atoms with Gasteiger partial charge in [0.2, 0.25) is 0 Å². The molecule has 0 unspecified atom stereocenters. The summed E-state index contributed by atoms with van der Waals surface area (Å²) in [7, 11) is 0. The Kier molecular flexibility index (Phi) is 2.22. The van der Waals surface area contributed by atoms with Gasteiger partial charge in [-0.15, -0.1) is 6.42 Å². The van der Waals surface area contributed by atoms with Crippen molar-refractivity contribution in [3.8, 4) is 12.3 Å². The van der Waals surface area contributed by atoms with Crippen LogP contribution in [0, 0.1) is 26.2 Å². The van der Waals surface area contributed by atoms with Gasteiger partial charge in [-0.1, -0.05) is 17.5 Å². The minimum absolute atomic E-state index is 0.749. The first-order valence-electron chi connectivity index (χ1n) is 3.38. The third-order valence-corrected chi connectivity index (χ3v) is 1.86. The molecule has 1 heteroatoms. The Labute approximate surface area is 72.2 Å². The molecule has 0 fully saturated rings. The Morgan fingerprint density at radius 2 is 1.73 bits per heavy atom. The van der Waals surface area contributed by atoms with Crippen LogP contribution in [0.4, 0.5) is 0 Å². The molecule has 1 aromatic rings. The average molecular weight is 165 g/mol. The molecule has 56 valence electrons. The van der Waals surface area contributed by atoms with Crippen LogP contribution in [0.3, 0.4) is 0 Å². The van der Waals surface area contributed by atoms with Crippen molar-refractivity contribution in [3.05, 3.63) is 33.8 Å². The van der Waals surface area contributed by atoms with Crippen molar-refractivity contribution in [2.45, 2.75) is 13.8 Å². The molecule has 11 heavy (non-hydrogen) atoms. The lowest BCUT2D eigenvalue weighted by Gasteiger charge is -2.02. The van der Waals surface area contributed by atoms with Crippen LogP contribution in [-0.4, -0.2) is 0 Å². The maximum absolute atomic E-state index is 5.81. The summed E-state index contributed by atoms with van der Waals surface area (Å²) in [5.41, 5.74) is 3.09. The van der Waals surface area contributed by atoms with Gasteiger partial charge in [-0.3, -0.25) is 0 Å². The highest BCUT2D eigenvalue weighted by molar-refractivity contribution is 6.30. The predicted octanol–water partition coefficient (Wildman–Crippen LogP) is 2.94. The average Bonchev–Trinajstić information content (AvgIpc) is 1.85. The van der Waals surface area contributed by atoms with Crippen molar-refractivity contribution < 1.29 is 0 Å². The fourth-order valence-electron chi connectivity index (χ4n) is 1.14. The molecule has 0 bridgehead atoms. The number of aryl methyl sites for hydroxylation is 2. The predicted molar refractivity (Wildman–Crippen MR) is 48.9 cm³/mol. The second-order valence-electron chi connectivity index (χ2n) is 2.56. The zero-order chi connectivity index (χ0) is 8.43. The van der Waals surface area contributed by atoms with Gasteiger partial charge < -0.3 is 0 Å². The molecule has 1 aromatic carbocycles. The van der Waals surface area contributed by atoms with Gasteiger partial charge in [0.05, 0.1) is 0 Å². The van der Waals surface area contributed by atoms with Crippen LogP contribution >= 0.6 is 11.6 Å². The quantitative estimate of drug-likeness (QED) is 0.518. The molecular formula is C10H9Cl. The van der Waals surface area contributed by atoms with Crippen LogP contribution in [0.15, 0.2) is 12.1 Å². The van der Waals surface area contributed by atoms with Crippen LogP contribution in [-0.2, 0) is 0 Å². The number of benzene rings is 1. The zero-order valence-electron chi connectivity index (χ0n) is 6.61. The molecule has 0 aliphatic rings. The smallest absolute Gasteiger partial charge is 0.0412 e. The second kappa shape index (κ2) is 2.98. The van der Waals surface area contributed by atoms with Gasteiger partial charge >= 0.3 is 0 Å². The number of rotatable bonds is 0. The molecule has 0 nitrogen and oxygen atoms in total. The van der Waals surface area contributed by atoms with Crippen LogP contribution < -0.4 is 0 Å². The summed E-state index contributed by atoms with van der Waals surface area (Å²) in [6.07, 6.45) is 5.31. The van der Waals surface area contributed by atoms with Crippen LogP contribution in [0.5, 0.6) is 0 Å². The van der Waals surface area contributed by atoms with Gasteiger partial charge in [-0.05, 0) is 37.1 Å². The summed E-state index contributed by atoms with van der Waals surface area (Å²) in [5, 5.41) is 0.749. The third-order valence-electron chi connectivity index (χ3n) is 1.64. The Morgan fingerprint density at radius 1 is 1.27 bits per heavy atom. The van der Waals surface area contributed by atoms with Crippen molar-refractivity contribution in [3.63, 3.8) is 0 Å². The molecule has 0 heterocycles. The lowest BCUT2D eigenvalue weighted by atomic mass is 10.0. The van der Waals surface area contributed by atoms with Crippen molar-refractivity contribution >= 4 is 11.6 Å². The van der Waals surface area contributed by atoms with Gasteiger partial charge in [-0.25, -0.2) is 0 Å². The van der Waals surface area contributed by atoms with E-state index in [1.54, 1.807) is 0 Å². The standard InChI is InChI=1S/C10H9Cl/c1-4-10-7(2)5-9(11)6-8(10)3/h1,5-6H,2-3H3. The van der Waals surface area contributed by atoms with Gasteiger partial charge in [0.25, 0.3) is 0 Å². The molecular weight excluding hydrogens is 156 g/mol. The lowest BCUT2D eigenvalue weighted by molar-refractivity contribution is 1.35. The van der Waals surface area contributed by atoms with E-state index in [0.29, 0.717) is 0 Å². The van der Waals surface area contributed by atoms with Crippen LogP contribution in [0.2, 0.25) is 5.02 Å². The van der Waals surface area contributed by atoms with Crippen molar-refractivity contribution in [1.82, 2.24) is 0 Å². The second-order valence-corrected chi connectivity index (χ2v) is 3.00. The molecule has 0 saturated heterocycles. The van der Waals surface area contributed by atoms with E-state index in [9.17, 15) is 0 Å². The van der Waals surface area contributed by atoms with E-state index in [1.165, 1.54) is 0 Å². The summed E-state index contributed by atoms with van der Waals surface area (Å²) in [6.45, 7) is 3.93. The number of terminal acetylenes is 1. The summed E-state index contributed by atoms with van der Waals surface area (Å²) < 4.78 is 0. The highest BCUT2D eigenvalue weighted by Gasteiger charge is 1.99. The van der Waals surface area contributed by atoms with Crippen LogP contribution in [0.1, 0.15) is 16.7 Å². The van der Waals surface area contributed by atoms with E-state index >= 15 is 0 Å². The fraction of sp³-hybridized carbons (Fsp3) is 0.200. The topological polar surface area (TPSA) is 0 Å². The molecule has 1 rings (SSSR count). The molecule has 0 radical (unpaired) electrons. The highest BCUT2D eigenvalue weighted by Crippen LogP contribution is 2.18. The molecule has 0 saturated carbocycles. The Bertz CT molecular complexity index is 295. The maximum atomic E-state index is 5.81. The summed E-state index contributed by atoms with van der Waals surface area (Å²) in [4.78, 5) is 0. The first-order valence-corrected chi connectivity index (χ1v) is 3.76. The maximum Gasteiger partial charge on any atom is 0.0412 e. The molecule has 0 aromatic heterocycles. The fourth-order valence-corrected chi connectivity index (χ4v) is 1.47. The molecule has 0 N–H and O–H groups in total. The zero-order valence-corrected chi connectivity index (χ0v) is 7.37. The van der Waals surface area contributed by atoms with E-state index in [1.807, 2.05) is 26.0 Å². The van der Waals surface area contributed by atoms with E-state index in [-0.39, 0.29) is 0 Å². The van der Waals surface area contributed by atoms with Crippen molar-refractivity contribution in [2.75, 3.05) is 0 Å². The third kappa shape index (κ3) is 1.56. The Morgan fingerprint density at radius 3 is 2.09 bits per heavy atom. The summed E-state index contributed by atoms with van der Waals surface area (Å²) in [5.74, 6) is 2.63. The molecule has 0 amide bonds. The van der Waals surface area contributed by atoms with Gasteiger partial charge in [0, 0.05) is 10.6 Å². The SMILES string of the molecule is C#Cc1c(C)cc(Cl)cc1C. The number of hydrogen-bond donors (Lipinski definition) is 0. The first kappa shape index (κ1) is 8.17. The summed E-state index contributed by atoms with van der Waals surface area (Å²) in [6, 6.07) is 3.76. The van der Waals surface area contributed by atoms with Crippen molar-refractivity contribution in [2.24, 2.45) is 0 Å². The van der Waals surface area contributed by atoms with Gasteiger partial charge in [0.15, 0.2) is 0 Å². The molecule has 0 aliphatic carbocycles. The summed E-state index contributed by atoms with van der Waals surface area (Å²) >= 11 is 5.81. The van der Waals surface area contributed by atoms with E-state index in [4.69, 9.17) is 18.0 Å². The largest absolute Gasteiger partial charge is 0.115 e. The van der Waals surface area contributed by atoms with Crippen molar-refractivity contribution in [1.29, 1.82) is 0 Å². The van der Waals surface area contributed by atoms with E-state index in [2.05, 4.69) is 5.92 Å². The van der Waals surface area contributed by atoms with Crippen LogP contribution in [0.25, 0.3) is 0 Å². The number of hydrogen-bond acceptors (Lipinski definition) is 0. The minimum Gasteiger partial charge on any atom is -0.115 e. The molecule has 0 spiro atoms. The van der Waals surface area contributed by atoms with E-state index in [0.717, 1.165) is 21.7 Å².